The van der Waals surface area contributed by atoms with Gasteiger partial charge in [0.25, 0.3) is 0 Å². The van der Waals surface area contributed by atoms with E-state index in [2.05, 4.69) is 22.2 Å². The molecule has 1 aliphatic heterocycles. The second-order valence-electron chi connectivity index (χ2n) is 7.93. The van der Waals surface area contributed by atoms with Gasteiger partial charge in [-0.25, -0.2) is 21.6 Å². The van der Waals surface area contributed by atoms with Crippen LogP contribution in [0.1, 0.15) is 18.4 Å². The predicted molar refractivity (Wildman–Crippen MR) is 127 cm³/mol. The molecule has 2 N–H and O–H groups in total. The van der Waals surface area contributed by atoms with E-state index in [1.54, 1.807) is 23.4 Å². The lowest BCUT2D eigenvalue weighted by molar-refractivity contribution is 0.230. The number of hydrogen-bond acceptors (Lipinski definition) is 7. The van der Waals surface area contributed by atoms with E-state index in [0.717, 1.165) is 5.56 Å². The molecule has 1 atom stereocenters. The van der Waals surface area contributed by atoms with Gasteiger partial charge in [0.1, 0.15) is 15.2 Å². The molecule has 178 valence electrons. The smallest absolute Gasteiger partial charge is 0.319 e. The third-order valence-corrected chi connectivity index (χ3v) is 9.32. The van der Waals surface area contributed by atoms with Crippen molar-refractivity contribution in [2.24, 2.45) is 0 Å². The highest BCUT2D eigenvalue weighted by Gasteiger charge is 2.35. The van der Waals surface area contributed by atoms with Crippen molar-refractivity contribution in [2.75, 3.05) is 24.7 Å². The van der Waals surface area contributed by atoms with E-state index in [9.17, 15) is 21.6 Å². The lowest BCUT2D eigenvalue weighted by atomic mass is 10.1. The summed E-state index contributed by atoms with van der Waals surface area (Å²) >= 11 is 0. The van der Waals surface area contributed by atoms with Gasteiger partial charge in [0.2, 0.25) is 0 Å². The maximum Gasteiger partial charge on any atom is 0.319 e. The maximum absolute atomic E-state index is 13.2. The minimum Gasteiger partial charge on any atom is -0.334 e. The van der Waals surface area contributed by atoms with E-state index in [-0.39, 0.29) is 4.90 Å². The molecule has 0 radical (unpaired) electrons. The number of pyridine rings is 1. The Labute approximate surface area is 194 Å². The van der Waals surface area contributed by atoms with Gasteiger partial charge in [-0.3, -0.25) is 9.88 Å². The van der Waals surface area contributed by atoms with Gasteiger partial charge in [-0.2, -0.15) is 0 Å². The molecule has 3 rings (SSSR count). The summed E-state index contributed by atoms with van der Waals surface area (Å²) in [5.74, 6) is 0. The van der Waals surface area contributed by atoms with Crippen LogP contribution in [-0.4, -0.2) is 62.7 Å². The number of aromatic nitrogens is 1. The Kier molecular flexibility index (Phi) is 7.88. The highest BCUT2D eigenvalue weighted by molar-refractivity contribution is 7.92. The van der Waals surface area contributed by atoms with Crippen LogP contribution in [0.2, 0.25) is 0 Å². The van der Waals surface area contributed by atoms with E-state index in [4.69, 9.17) is 0 Å². The summed E-state index contributed by atoms with van der Waals surface area (Å²) in [6.45, 7) is 4.70. The molecule has 0 spiro atoms. The van der Waals surface area contributed by atoms with Crippen molar-refractivity contribution in [3.63, 3.8) is 0 Å². The van der Waals surface area contributed by atoms with Crippen LogP contribution in [-0.2, 0) is 26.2 Å². The molecule has 1 aromatic heterocycles. The first kappa shape index (κ1) is 24.9. The first-order chi connectivity index (χ1) is 15.6. The van der Waals surface area contributed by atoms with Crippen LogP contribution in [0, 0.1) is 0 Å². The molecule has 2 aromatic rings. The molecule has 9 nitrogen and oxygen atoms in total. The van der Waals surface area contributed by atoms with Crippen LogP contribution in [0.3, 0.4) is 0 Å². The summed E-state index contributed by atoms with van der Waals surface area (Å²) in [5, 5.41) is 3.96. The lowest BCUT2D eigenvalue weighted by Crippen LogP contribution is -2.46. The Hall–Kier alpha value is -2.76. The van der Waals surface area contributed by atoms with Gasteiger partial charge >= 0.3 is 6.03 Å². The Morgan fingerprint density at radius 3 is 2.39 bits per heavy atom. The van der Waals surface area contributed by atoms with E-state index in [1.165, 1.54) is 36.6 Å². The van der Waals surface area contributed by atoms with Crippen LogP contribution in [0.4, 0.5) is 10.5 Å². The monoisotopic (exact) mass is 492 g/mol. The second kappa shape index (κ2) is 10.4. The number of nitrogens with one attached hydrogen (secondary N) is 2. The van der Waals surface area contributed by atoms with Gasteiger partial charge in [0, 0.05) is 44.0 Å². The summed E-state index contributed by atoms with van der Waals surface area (Å²) in [4.78, 5) is 17.9. The highest BCUT2D eigenvalue weighted by Crippen LogP contribution is 2.26. The summed E-state index contributed by atoms with van der Waals surface area (Å²) < 4.78 is 50.0. The van der Waals surface area contributed by atoms with Crippen LogP contribution in [0.5, 0.6) is 0 Å². The fourth-order valence-electron chi connectivity index (χ4n) is 3.76. The maximum atomic E-state index is 13.2. The summed E-state index contributed by atoms with van der Waals surface area (Å²) in [6, 6.07) is 9.11. The van der Waals surface area contributed by atoms with E-state index < -0.39 is 36.3 Å². The zero-order valence-electron chi connectivity index (χ0n) is 18.3. The van der Waals surface area contributed by atoms with Crippen LogP contribution < -0.4 is 10.6 Å². The fourth-order valence-corrected chi connectivity index (χ4v) is 6.48. The van der Waals surface area contributed by atoms with E-state index in [1.807, 2.05) is 6.07 Å². The number of amides is 2. The molecule has 2 amide bonds. The van der Waals surface area contributed by atoms with Crippen molar-refractivity contribution < 1.29 is 21.6 Å². The topological polar surface area (TPSA) is 126 Å². The molecule has 1 fully saturated rings. The number of piperidine rings is 1. The summed E-state index contributed by atoms with van der Waals surface area (Å²) in [6.07, 6.45) is 6.65. The third kappa shape index (κ3) is 6.40. The molecule has 11 heteroatoms. The molecular formula is C22H28N4O5S2. The second-order valence-corrected chi connectivity index (χ2v) is 12.3. The number of sulfone groups is 2. The number of rotatable bonds is 8. The van der Waals surface area contributed by atoms with Crippen molar-refractivity contribution in [1.82, 2.24) is 15.2 Å². The van der Waals surface area contributed by atoms with Crippen LogP contribution in [0.15, 0.2) is 66.3 Å². The Bertz CT molecular complexity index is 1180. The standard InChI is InChI=1S/C22H28N4O5S2/c1-3-21(26-13-10-19(11-14-26)32(2,28)29)33(30,31)20-8-6-18(7-9-20)25-22(27)24-16-17-5-4-12-23-15-17/h3-9,12,15,19,21H,1,10-11,13-14,16H2,2H3,(H2,24,25,27). The summed E-state index contributed by atoms with van der Waals surface area (Å²) in [7, 11) is -6.92. The molecule has 1 aliphatic rings. The molecule has 1 aromatic carbocycles. The minimum atomic E-state index is -3.77. The van der Waals surface area contributed by atoms with Gasteiger partial charge in [-0.1, -0.05) is 12.1 Å². The lowest BCUT2D eigenvalue weighted by Gasteiger charge is -2.35. The average molecular weight is 493 g/mol. The zero-order chi connectivity index (χ0) is 24.1. The predicted octanol–water partition coefficient (Wildman–Crippen LogP) is 2.20. The molecule has 1 unspecified atom stereocenters. The van der Waals surface area contributed by atoms with Crippen LogP contribution in [0.25, 0.3) is 0 Å². The SMILES string of the molecule is C=CC(N1CCC(S(C)(=O)=O)CC1)S(=O)(=O)c1ccc(NC(=O)NCc2cccnc2)cc1. The number of urea groups is 1. The van der Waals surface area contributed by atoms with Gasteiger partial charge in [-0.15, -0.1) is 6.58 Å². The van der Waals surface area contributed by atoms with Gasteiger partial charge < -0.3 is 10.6 Å². The Balaban J connectivity index is 1.62. The molecule has 33 heavy (non-hydrogen) atoms. The van der Waals surface area contributed by atoms with Gasteiger partial charge in [0.15, 0.2) is 9.84 Å². The number of carbonyl (C=O) groups excluding carboxylic acids is 1. The average Bonchev–Trinajstić information content (AvgIpc) is 2.79. The Morgan fingerprint density at radius 1 is 1.18 bits per heavy atom. The molecule has 2 heterocycles. The van der Waals surface area contributed by atoms with Crippen LogP contribution >= 0.6 is 0 Å². The molecule has 1 saturated heterocycles. The Morgan fingerprint density at radius 2 is 1.85 bits per heavy atom. The number of anilines is 1. The fraction of sp³-hybridized carbons (Fsp3) is 0.364. The first-order valence-corrected chi connectivity index (χ1v) is 13.9. The highest BCUT2D eigenvalue weighted by atomic mass is 32.2. The minimum absolute atomic E-state index is 0.0963. The molecule has 0 aliphatic carbocycles. The number of carbonyl (C=O) groups is 1. The number of hydrogen-bond donors (Lipinski definition) is 2. The summed E-state index contributed by atoms with van der Waals surface area (Å²) in [5.41, 5.74) is 1.30. The largest absolute Gasteiger partial charge is 0.334 e. The first-order valence-electron chi connectivity index (χ1n) is 10.4. The quantitative estimate of drug-likeness (QED) is 0.541. The zero-order valence-corrected chi connectivity index (χ0v) is 20.0. The van der Waals surface area contributed by atoms with E-state index >= 15 is 0 Å². The molecule has 0 saturated carbocycles. The van der Waals surface area contributed by atoms with Crippen molar-refractivity contribution in [3.8, 4) is 0 Å². The van der Waals surface area contributed by atoms with Crippen molar-refractivity contribution >= 4 is 31.4 Å². The van der Waals surface area contributed by atoms with Crippen molar-refractivity contribution in [1.29, 1.82) is 0 Å². The number of benzene rings is 1. The van der Waals surface area contributed by atoms with Crippen molar-refractivity contribution in [3.05, 3.63) is 67.0 Å². The normalized spacial score (nSPS) is 16.6. The third-order valence-electron chi connectivity index (χ3n) is 5.58. The van der Waals surface area contributed by atoms with Gasteiger partial charge in [0.05, 0.1) is 10.1 Å². The van der Waals surface area contributed by atoms with Gasteiger partial charge in [-0.05, 0) is 48.7 Å². The number of nitrogens with zero attached hydrogens (tertiary/aromatic N) is 2. The molecule has 0 bridgehead atoms. The number of likely N-dealkylation sites (tertiary alicyclic amines) is 1. The van der Waals surface area contributed by atoms with E-state index in [0.29, 0.717) is 38.2 Å². The van der Waals surface area contributed by atoms with Crippen molar-refractivity contribution in [2.45, 2.75) is 34.9 Å². The molecular weight excluding hydrogens is 464 g/mol.